The van der Waals surface area contributed by atoms with E-state index in [1.165, 1.54) is 257 Å². The van der Waals surface area contributed by atoms with Crippen LogP contribution in [0.3, 0.4) is 0 Å². The number of ether oxygens (including phenoxy) is 4. The molecule has 0 heterocycles. The van der Waals surface area contributed by atoms with Gasteiger partial charge in [-0.05, 0) is 77.0 Å². The van der Waals surface area contributed by atoms with Crippen LogP contribution >= 0.6 is 0 Å². The van der Waals surface area contributed by atoms with Gasteiger partial charge in [-0.3, -0.25) is 9.59 Å². The van der Waals surface area contributed by atoms with Crippen molar-refractivity contribution >= 4 is 17.9 Å². The van der Waals surface area contributed by atoms with Gasteiger partial charge in [-0.1, -0.05) is 294 Å². The molecule has 0 spiro atoms. The molecule has 2 atom stereocenters. The average molecular weight is 1140 g/mol. The van der Waals surface area contributed by atoms with Crippen LogP contribution in [0.15, 0.2) is 48.6 Å². The number of unbranched alkanes of at least 4 members (excludes halogenated alkanes) is 42. The molecule has 0 saturated carbocycles. The number of carboxylic acid groups (broad SMARTS) is 1. The van der Waals surface area contributed by atoms with E-state index < -0.39 is 24.3 Å². The highest BCUT2D eigenvalue weighted by molar-refractivity contribution is 5.70. The number of aliphatic carboxylic acids is 1. The Hall–Kier alpha value is -2.75. The number of carboxylic acids is 1. The zero-order valence-corrected chi connectivity index (χ0v) is 54.2. The summed E-state index contributed by atoms with van der Waals surface area (Å²) in [4.78, 5) is 37.5. The lowest BCUT2D eigenvalue weighted by Gasteiger charge is -2.26. The zero-order valence-electron chi connectivity index (χ0n) is 54.2. The van der Waals surface area contributed by atoms with E-state index in [-0.39, 0.29) is 32.2 Å². The Balaban J connectivity index is 4.07. The summed E-state index contributed by atoms with van der Waals surface area (Å²) in [5, 5.41) is 11.8. The molecule has 0 N–H and O–H groups in total. The summed E-state index contributed by atoms with van der Waals surface area (Å²) in [7, 11) is 5.94. The van der Waals surface area contributed by atoms with Crippen LogP contribution in [0.5, 0.6) is 0 Å². The second kappa shape index (κ2) is 63.3. The lowest BCUT2D eigenvalue weighted by Crippen LogP contribution is -2.44. The van der Waals surface area contributed by atoms with E-state index in [4.69, 9.17) is 18.9 Å². The van der Waals surface area contributed by atoms with E-state index >= 15 is 0 Å². The number of quaternary nitrogens is 1. The lowest BCUT2D eigenvalue weighted by molar-refractivity contribution is -0.870. The number of carbonyl (C=O) groups is 3. The van der Waals surface area contributed by atoms with Crippen molar-refractivity contribution in [1.82, 2.24) is 0 Å². The molecule has 0 aromatic carbocycles. The van der Waals surface area contributed by atoms with Crippen molar-refractivity contribution in [1.29, 1.82) is 0 Å². The SMILES string of the molecule is CCCCCCC/C=C\C/C=C\CCCCCCCCCCCCCCCCCCCCCCCC(=O)OC(COC(=O)CCCCCCCCCCCCC/C=C\C/C=C\CCCCCCC)COC(OCC[N+](C)(C)C)C(=O)[O-]. The number of rotatable bonds is 65. The predicted molar refractivity (Wildman–Crippen MR) is 343 cm³/mol. The quantitative estimate of drug-likeness (QED) is 0.0195. The van der Waals surface area contributed by atoms with Crippen molar-refractivity contribution in [2.75, 3.05) is 47.5 Å². The maximum Gasteiger partial charge on any atom is 0.306 e. The predicted octanol–water partition coefficient (Wildman–Crippen LogP) is 20.0. The van der Waals surface area contributed by atoms with Crippen molar-refractivity contribution in [2.24, 2.45) is 0 Å². The Labute approximate surface area is 502 Å². The van der Waals surface area contributed by atoms with Crippen LogP contribution in [0.4, 0.5) is 0 Å². The molecular weight excluding hydrogens is 1010 g/mol. The van der Waals surface area contributed by atoms with Crippen LogP contribution in [0, 0.1) is 0 Å². The van der Waals surface area contributed by atoms with Gasteiger partial charge in [-0.15, -0.1) is 0 Å². The molecule has 0 aromatic heterocycles. The fourth-order valence-corrected chi connectivity index (χ4v) is 10.2. The Morgan fingerprint density at radius 2 is 0.667 bits per heavy atom. The van der Waals surface area contributed by atoms with Gasteiger partial charge in [-0.2, -0.15) is 0 Å². The second-order valence-corrected chi connectivity index (χ2v) is 24.8. The van der Waals surface area contributed by atoms with Crippen LogP contribution in [0.2, 0.25) is 0 Å². The van der Waals surface area contributed by atoms with Gasteiger partial charge in [-0.25, -0.2) is 0 Å². The largest absolute Gasteiger partial charge is 0.545 e. The van der Waals surface area contributed by atoms with Crippen LogP contribution in [0.1, 0.15) is 335 Å². The van der Waals surface area contributed by atoms with Crippen LogP contribution < -0.4 is 5.11 Å². The molecule has 0 amide bonds. The number of likely N-dealkylation sites (N-methyl/N-ethyl adjacent to an activating group) is 1. The van der Waals surface area contributed by atoms with Gasteiger partial charge in [0.1, 0.15) is 13.2 Å². The molecule has 2 unspecified atom stereocenters. The topological polar surface area (TPSA) is 111 Å². The minimum atomic E-state index is -1.62. The van der Waals surface area contributed by atoms with E-state index in [0.717, 1.165) is 44.9 Å². The lowest BCUT2D eigenvalue weighted by atomic mass is 10.0. The first-order chi connectivity index (χ1) is 39.6. The van der Waals surface area contributed by atoms with Crippen molar-refractivity contribution in [3.8, 4) is 0 Å². The number of nitrogens with zero attached hydrogens (tertiary/aromatic N) is 1. The first kappa shape index (κ1) is 78.2. The first-order valence-corrected chi connectivity index (χ1v) is 34.8. The smallest absolute Gasteiger partial charge is 0.306 e. The minimum absolute atomic E-state index is 0.149. The number of carbonyl (C=O) groups excluding carboxylic acids is 3. The first-order valence-electron chi connectivity index (χ1n) is 34.8. The average Bonchev–Trinajstić information content (AvgIpc) is 3.44. The summed E-state index contributed by atoms with van der Waals surface area (Å²) in [5.41, 5.74) is 0. The van der Waals surface area contributed by atoms with E-state index in [2.05, 4.69) is 62.5 Å². The molecule has 0 saturated heterocycles. The van der Waals surface area contributed by atoms with Gasteiger partial charge in [0, 0.05) is 12.8 Å². The summed E-state index contributed by atoms with van der Waals surface area (Å²) in [6.07, 6.45) is 77.6. The Kier molecular flexibility index (Phi) is 61.1. The highest BCUT2D eigenvalue weighted by atomic mass is 16.7. The second-order valence-electron chi connectivity index (χ2n) is 24.8. The standard InChI is InChI=1S/C72H133NO8/c1-6-8-10-12-14-16-18-20-22-24-26-28-30-31-32-33-34-35-36-37-38-39-41-43-45-47-49-51-53-55-57-59-61-63-70(75)81-68(67-80-72(71(76)77)78-65-64-73(3,4)5)66-79-69(74)62-60-58-56-54-52-50-48-46-44-42-40-29-27-25-23-21-19-17-15-13-11-9-7-2/h18-21,24-27,68,72H,6-17,22-23,28-67H2,1-5H3/b20-18-,21-19-,26-24-,27-25-. The number of hydrogen-bond acceptors (Lipinski definition) is 8. The van der Waals surface area contributed by atoms with E-state index in [1.807, 2.05) is 21.1 Å². The highest BCUT2D eigenvalue weighted by Crippen LogP contribution is 2.18. The van der Waals surface area contributed by atoms with Gasteiger partial charge < -0.3 is 33.3 Å². The molecule has 0 aliphatic carbocycles. The molecule has 9 nitrogen and oxygen atoms in total. The fraction of sp³-hybridized carbons (Fsp3) is 0.847. The molecule has 0 bridgehead atoms. The van der Waals surface area contributed by atoms with Gasteiger partial charge >= 0.3 is 11.9 Å². The summed E-state index contributed by atoms with van der Waals surface area (Å²) in [6.45, 7) is 4.78. The molecule has 474 valence electrons. The fourth-order valence-electron chi connectivity index (χ4n) is 10.2. The maximum atomic E-state index is 12.9. The third-order valence-corrected chi connectivity index (χ3v) is 15.5. The summed E-state index contributed by atoms with van der Waals surface area (Å²) >= 11 is 0. The normalized spacial score (nSPS) is 13.0. The third-order valence-electron chi connectivity index (χ3n) is 15.5. The molecule has 0 fully saturated rings. The molecule has 0 radical (unpaired) electrons. The minimum Gasteiger partial charge on any atom is -0.545 e. The Bertz CT molecular complexity index is 1470. The molecule has 81 heavy (non-hydrogen) atoms. The van der Waals surface area contributed by atoms with Crippen LogP contribution in [-0.4, -0.2) is 82.3 Å². The van der Waals surface area contributed by atoms with E-state index in [9.17, 15) is 19.5 Å². The molecule has 0 aliphatic rings. The highest BCUT2D eigenvalue weighted by Gasteiger charge is 2.22. The molecular formula is C72H133NO8. The van der Waals surface area contributed by atoms with E-state index in [1.54, 1.807) is 0 Å². The number of esters is 2. The van der Waals surface area contributed by atoms with Crippen molar-refractivity contribution in [2.45, 2.75) is 347 Å². The Morgan fingerprint density at radius 1 is 0.370 bits per heavy atom. The maximum absolute atomic E-state index is 12.9. The van der Waals surface area contributed by atoms with Gasteiger partial charge in [0.05, 0.1) is 40.3 Å². The van der Waals surface area contributed by atoms with E-state index in [0.29, 0.717) is 23.9 Å². The van der Waals surface area contributed by atoms with Crippen LogP contribution in [-0.2, 0) is 33.3 Å². The summed E-state index contributed by atoms with van der Waals surface area (Å²) < 4.78 is 22.8. The van der Waals surface area contributed by atoms with Crippen LogP contribution in [0.25, 0.3) is 0 Å². The van der Waals surface area contributed by atoms with Crippen molar-refractivity contribution in [3.63, 3.8) is 0 Å². The molecule has 0 rings (SSSR count). The van der Waals surface area contributed by atoms with Gasteiger partial charge in [0.15, 0.2) is 12.4 Å². The summed E-state index contributed by atoms with van der Waals surface area (Å²) in [5.74, 6) is -2.26. The van der Waals surface area contributed by atoms with Crippen molar-refractivity contribution in [3.05, 3.63) is 48.6 Å². The van der Waals surface area contributed by atoms with Gasteiger partial charge in [0.2, 0.25) is 0 Å². The summed E-state index contributed by atoms with van der Waals surface area (Å²) in [6, 6.07) is 0. The van der Waals surface area contributed by atoms with Crippen molar-refractivity contribution < 1.29 is 42.9 Å². The number of hydrogen-bond donors (Lipinski definition) is 0. The Morgan fingerprint density at radius 3 is 0.975 bits per heavy atom. The monoisotopic (exact) mass is 1140 g/mol. The zero-order chi connectivity index (χ0) is 59.1. The molecule has 0 aliphatic heterocycles. The number of allylic oxidation sites excluding steroid dienone is 8. The third kappa shape index (κ3) is 64.7. The molecule has 9 heteroatoms. The van der Waals surface area contributed by atoms with Gasteiger partial charge in [0.25, 0.3) is 0 Å². The molecule has 0 aromatic rings.